The molecule has 5 rings (SSSR count). The monoisotopic (exact) mass is 399 g/mol. The highest BCUT2D eigenvalue weighted by molar-refractivity contribution is 5.77. The number of nitrogens with zero attached hydrogens (tertiary/aromatic N) is 2. The summed E-state index contributed by atoms with van der Waals surface area (Å²) < 4.78 is 0. The lowest BCUT2D eigenvalue weighted by molar-refractivity contribution is -0.138. The summed E-state index contributed by atoms with van der Waals surface area (Å²) in [6.07, 6.45) is 8.05. The molecular weight excluding hydrogens is 378 g/mol. The molecule has 3 aromatic rings. The minimum atomic E-state index is -0.963. The Morgan fingerprint density at radius 2 is 1.10 bits per heavy atom. The third-order valence-electron chi connectivity index (χ3n) is 4.43. The Hall–Kier alpha value is -3.97. The van der Waals surface area contributed by atoms with Crippen molar-refractivity contribution < 1.29 is 9.90 Å². The summed E-state index contributed by atoms with van der Waals surface area (Å²) in [7, 11) is 0. The smallest absolute Gasteiger partial charge is 0.320 e. The molecular formula is C23H21N5O2. The molecule has 30 heavy (non-hydrogen) atoms. The van der Waals surface area contributed by atoms with Crippen molar-refractivity contribution in [2.45, 2.75) is 13.0 Å². The van der Waals surface area contributed by atoms with Crippen molar-refractivity contribution >= 4 is 52.3 Å². The third kappa shape index (κ3) is 4.71. The average molecular weight is 399 g/mol. The number of hydrogen-bond donors (Lipinski definition) is 4. The maximum absolute atomic E-state index is 9.57. The molecule has 0 saturated carbocycles. The Morgan fingerprint density at radius 1 is 0.767 bits per heavy atom. The molecule has 2 aliphatic rings. The highest BCUT2D eigenvalue weighted by Gasteiger charge is 2.02. The Kier molecular flexibility index (Phi) is 5.28. The lowest BCUT2D eigenvalue weighted by atomic mass is 10.3. The molecule has 5 heterocycles. The topological polar surface area (TPSA) is 121 Å². The van der Waals surface area contributed by atoms with Crippen molar-refractivity contribution in [3.8, 4) is 0 Å². The standard InChI is InChI=1S/C20H14N4.C3H7NO2/c1-2-14-10-16-5-6-18(23-16)12-20-8-7-19(24-20)11-17-4-3-15(22-17)9-13(1)21-14;1-2(4)3(5)6/h1-12,21-22H;2H,4H2,1H3,(H,5,6)/t;2-/m.0/s1. The Bertz CT molecular complexity index is 1220. The Labute approximate surface area is 172 Å². The summed E-state index contributed by atoms with van der Waals surface area (Å²) in [5.74, 6) is -0.963. The van der Waals surface area contributed by atoms with Crippen molar-refractivity contribution in [2.75, 3.05) is 0 Å². The molecule has 7 nitrogen and oxygen atoms in total. The summed E-state index contributed by atoms with van der Waals surface area (Å²) >= 11 is 0. The molecule has 0 fully saturated rings. The fraction of sp³-hybridized carbons (Fsp3) is 0.0870. The number of aliphatic carboxylic acids is 1. The number of carboxylic acids is 1. The van der Waals surface area contributed by atoms with Gasteiger partial charge in [-0.25, -0.2) is 9.97 Å². The maximum Gasteiger partial charge on any atom is 0.320 e. The quantitative estimate of drug-likeness (QED) is 0.338. The lowest BCUT2D eigenvalue weighted by Crippen LogP contribution is -2.25. The predicted molar refractivity (Wildman–Crippen MR) is 120 cm³/mol. The normalized spacial score (nSPS) is 12.9. The highest BCUT2D eigenvalue weighted by Crippen LogP contribution is 2.17. The van der Waals surface area contributed by atoms with Gasteiger partial charge in [0.05, 0.1) is 22.8 Å². The van der Waals surface area contributed by atoms with E-state index in [1.165, 1.54) is 6.92 Å². The zero-order valence-corrected chi connectivity index (χ0v) is 16.3. The van der Waals surface area contributed by atoms with E-state index in [2.05, 4.69) is 50.3 Å². The lowest BCUT2D eigenvalue weighted by Gasteiger charge is -1.90. The zero-order chi connectivity index (χ0) is 21.1. The van der Waals surface area contributed by atoms with Gasteiger partial charge in [0.1, 0.15) is 6.04 Å². The van der Waals surface area contributed by atoms with E-state index in [9.17, 15) is 4.79 Å². The van der Waals surface area contributed by atoms with E-state index in [0.29, 0.717) is 0 Å². The predicted octanol–water partition coefficient (Wildman–Crippen LogP) is 4.07. The largest absolute Gasteiger partial charge is 0.480 e. The van der Waals surface area contributed by atoms with Crippen molar-refractivity contribution in [3.05, 3.63) is 71.3 Å². The molecule has 0 aromatic carbocycles. The van der Waals surface area contributed by atoms with Crippen LogP contribution in [0.25, 0.3) is 46.4 Å². The minimum absolute atomic E-state index is 0.731. The number of H-pyrrole nitrogens is 2. The van der Waals surface area contributed by atoms with Gasteiger partial charge in [0.25, 0.3) is 0 Å². The van der Waals surface area contributed by atoms with E-state index in [4.69, 9.17) is 10.8 Å². The van der Waals surface area contributed by atoms with E-state index < -0.39 is 12.0 Å². The molecule has 1 atom stereocenters. The van der Waals surface area contributed by atoms with Crippen LogP contribution in [-0.2, 0) is 4.79 Å². The van der Waals surface area contributed by atoms with Gasteiger partial charge in [0, 0.05) is 22.1 Å². The first-order chi connectivity index (χ1) is 14.4. The van der Waals surface area contributed by atoms with Gasteiger partial charge >= 0.3 is 5.97 Å². The van der Waals surface area contributed by atoms with Gasteiger partial charge in [0.15, 0.2) is 0 Å². The van der Waals surface area contributed by atoms with E-state index in [1.807, 2.05) is 42.5 Å². The SMILES string of the molecule is C1=Cc2cc3ccc(cc4ccc(cc5nc(cc1n2)C=C5)[nH]4)[nH]3.C[C@H](N)C(=O)O. The molecule has 0 unspecified atom stereocenters. The van der Waals surface area contributed by atoms with E-state index in [0.717, 1.165) is 44.8 Å². The van der Waals surface area contributed by atoms with Crippen molar-refractivity contribution in [2.24, 2.45) is 5.73 Å². The maximum atomic E-state index is 9.57. The Morgan fingerprint density at radius 3 is 1.47 bits per heavy atom. The zero-order valence-electron chi connectivity index (χ0n) is 16.3. The first-order valence-corrected chi connectivity index (χ1v) is 9.47. The first kappa shape index (κ1) is 19.4. The fourth-order valence-electron chi connectivity index (χ4n) is 2.94. The number of nitrogens with one attached hydrogen (secondary N) is 2. The van der Waals surface area contributed by atoms with Crippen LogP contribution in [0, 0.1) is 0 Å². The number of carboxylic acid groups (broad SMARTS) is 1. The molecule has 150 valence electrons. The van der Waals surface area contributed by atoms with Crippen LogP contribution in [0.1, 0.15) is 29.7 Å². The number of fused-ring (bicyclic) bond motifs is 8. The van der Waals surface area contributed by atoms with E-state index in [1.54, 1.807) is 0 Å². The van der Waals surface area contributed by atoms with Crippen LogP contribution < -0.4 is 5.73 Å². The number of rotatable bonds is 1. The molecule has 0 amide bonds. The van der Waals surface area contributed by atoms with Crippen molar-refractivity contribution in [1.82, 2.24) is 19.9 Å². The van der Waals surface area contributed by atoms with Crippen molar-refractivity contribution in [3.63, 3.8) is 0 Å². The summed E-state index contributed by atoms with van der Waals surface area (Å²) in [5, 5.41) is 7.87. The van der Waals surface area contributed by atoms with Crippen LogP contribution in [0.3, 0.4) is 0 Å². The second-order valence-electron chi connectivity index (χ2n) is 7.03. The molecule has 2 aliphatic heterocycles. The van der Waals surface area contributed by atoms with Gasteiger partial charge in [-0.1, -0.05) is 0 Å². The van der Waals surface area contributed by atoms with Gasteiger partial charge in [-0.15, -0.1) is 0 Å². The third-order valence-corrected chi connectivity index (χ3v) is 4.43. The van der Waals surface area contributed by atoms with Crippen LogP contribution in [0.2, 0.25) is 0 Å². The summed E-state index contributed by atoms with van der Waals surface area (Å²) in [6.45, 7) is 1.42. The number of aromatic amines is 2. The average Bonchev–Trinajstić information content (AvgIpc) is 3.47. The van der Waals surface area contributed by atoms with Crippen LogP contribution in [0.15, 0.2) is 48.5 Å². The van der Waals surface area contributed by atoms with Gasteiger partial charge in [-0.05, 0) is 79.8 Å². The summed E-state index contributed by atoms with van der Waals surface area (Å²) in [4.78, 5) is 25.6. The van der Waals surface area contributed by atoms with Crippen LogP contribution in [-0.4, -0.2) is 37.1 Å². The van der Waals surface area contributed by atoms with Crippen LogP contribution in [0.5, 0.6) is 0 Å². The fourth-order valence-corrected chi connectivity index (χ4v) is 2.94. The van der Waals surface area contributed by atoms with E-state index >= 15 is 0 Å². The minimum Gasteiger partial charge on any atom is -0.480 e. The molecule has 3 aromatic heterocycles. The summed E-state index contributed by atoms with van der Waals surface area (Å²) in [6, 6.07) is 15.7. The van der Waals surface area contributed by atoms with E-state index in [-0.39, 0.29) is 0 Å². The molecule has 0 saturated heterocycles. The molecule has 7 heteroatoms. The molecule has 0 spiro atoms. The van der Waals surface area contributed by atoms with Crippen LogP contribution in [0.4, 0.5) is 0 Å². The number of carbonyl (C=O) groups is 1. The molecule has 0 radical (unpaired) electrons. The van der Waals surface area contributed by atoms with Crippen molar-refractivity contribution in [1.29, 1.82) is 0 Å². The Balaban J connectivity index is 0.000000322. The first-order valence-electron chi connectivity index (χ1n) is 9.47. The second kappa shape index (κ2) is 8.18. The molecule has 5 N–H and O–H groups in total. The number of nitrogens with two attached hydrogens (primary N) is 1. The van der Waals surface area contributed by atoms with Gasteiger partial charge < -0.3 is 20.8 Å². The second-order valence-corrected chi connectivity index (χ2v) is 7.03. The molecule has 8 bridgehead atoms. The van der Waals surface area contributed by atoms with Crippen LogP contribution >= 0.6 is 0 Å². The van der Waals surface area contributed by atoms with Gasteiger partial charge in [-0.2, -0.15) is 0 Å². The number of aromatic nitrogens is 4. The molecule has 0 aliphatic carbocycles. The summed E-state index contributed by atoms with van der Waals surface area (Å²) in [5.41, 5.74) is 12.7. The highest BCUT2D eigenvalue weighted by atomic mass is 16.4. The van der Waals surface area contributed by atoms with Gasteiger partial charge in [-0.3, -0.25) is 4.79 Å². The number of hydrogen-bond acceptors (Lipinski definition) is 4. The van der Waals surface area contributed by atoms with Gasteiger partial charge in [0.2, 0.25) is 0 Å².